The molecule has 25 heavy (non-hydrogen) atoms. The van der Waals surface area contributed by atoms with E-state index in [1.165, 1.54) is 11.5 Å². The molecule has 1 aliphatic rings. The number of nitrogens with zero attached hydrogens (tertiary/aromatic N) is 4. The Balaban J connectivity index is 1.48. The molecule has 9 heteroatoms. The summed E-state index contributed by atoms with van der Waals surface area (Å²) in [4.78, 5) is 8.28. The molecule has 0 aliphatic carbocycles. The highest BCUT2D eigenvalue weighted by Gasteiger charge is 2.27. The van der Waals surface area contributed by atoms with Gasteiger partial charge in [0.25, 0.3) is 10.0 Å². The Morgan fingerprint density at radius 1 is 1.16 bits per heavy atom. The molecule has 0 unspecified atom stereocenters. The third-order valence-corrected chi connectivity index (χ3v) is 5.71. The summed E-state index contributed by atoms with van der Waals surface area (Å²) in [6.07, 6.45) is 1.64. The summed E-state index contributed by atoms with van der Waals surface area (Å²) in [7, 11) is -3.69. The van der Waals surface area contributed by atoms with E-state index < -0.39 is 10.0 Å². The minimum absolute atomic E-state index is 0.0563. The Morgan fingerprint density at radius 3 is 2.76 bits per heavy atom. The van der Waals surface area contributed by atoms with Crippen molar-refractivity contribution in [2.75, 3.05) is 0 Å². The molecule has 126 valence electrons. The first-order valence-electron chi connectivity index (χ1n) is 7.48. The maximum Gasteiger partial charge on any atom is 0.258 e. The summed E-state index contributed by atoms with van der Waals surface area (Å²) >= 11 is 1.29. The zero-order valence-electron chi connectivity index (χ0n) is 13.0. The lowest BCUT2D eigenvalue weighted by Crippen LogP contribution is -2.30. The summed E-state index contributed by atoms with van der Waals surface area (Å²) < 4.78 is 31.5. The van der Waals surface area contributed by atoms with Crippen LogP contribution in [0.5, 0.6) is 0 Å². The molecule has 0 saturated heterocycles. The molecule has 0 radical (unpaired) electrons. The third-order valence-electron chi connectivity index (χ3n) is 3.82. The molecular formula is C16H13N5O2S2. The highest BCUT2D eigenvalue weighted by atomic mass is 32.2. The lowest BCUT2D eigenvalue weighted by atomic mass is 10.1. The summed E-state index contributed by atoms with van der Waals surface area (Å²) in [5, 5.41) is 5.93. The lowest BCUT2D eigenvalue weighted by Gasteiger charge is -2.08. The van der Waals surface area contributed by atoms with Gasteiger partial charge in [-0.15, -0.1) is 5.10 Å². The maximum atomic E-state index is 12.5. The van der Waals surface area contributed by atoms with E-state index in [1.807, 2.05) is 29.6 Å². The molecular weight excluding hydrogens is 358 g/mol. The van der Waals surface area contributed by atoms with Gasteiger partial charge in [-0.3, -0.25) is 9.98 Å². The van der Waals surface area contributed by atoms with Crippen LogP contribution in [0.2, 0.25) is 0 Å². The van der Waals surface area contributed by atoms with Gasteiger partial charge in [-0.05, 0) is 29.2 Å². The van der Waals surface area contributed by atoms with Crippen LogP contribution >= 0.6 is 11.5 Å². The van der Waals surface area contributed by atoms with Gasteiger partial charge in [0, 0.05) is 29.2 Å². The zero-order valence-corrected chi connectivity index (χ0v) is 14.6. The molecule has 4 rings (SSSR count). The lowest BCUT2D eigenvalue weighted by molar-refractivity contribution is 0.593. The number of hydrogen-bond donors (Lipinski definition) is 1. The van der Waals surface area contributed by atoms with Crippen LogP contribution < -0.4 is 4.72 Å². The first-order chi connectivity index (χ1) is 12.1. The fourth-order valence-corrected chi connectivity index (χ4v) is 4.22. The van der Waals surface area contributed by atoms with Gasteiger partial charge in [-0.2, -0.15) is 0 Å². The minimum atomic E-state index is -3.69. The number of pyridine rings is 1. The molecule has 7 nitrogen and oxygen atoms in total. The molecule has 0 saturated carbocycles. The van der Waals surface area contributed by atoms with Crippen LogP contribution in [0, 0.1) is 0 Å². The predicted octanol–water partition coefficient (Wildman–Crippen LogP) is 1.98. The van der Waals surface area contributed by atoms with Gasteiger partial charge in [0.1, 0.15) is 5.69 Å². The van der Waals surface area contributed by atoms with Crippen molar-refractivity contribution in [3.63, 3.8) is 0 Å². The number of fused-ring (bicyclic) bond motifs is 1. The largest absolute Gasteiger partial charge is 0.265 e. The number of nitrogens with one attached hydrogen (secondary N) is 1. The molecule has 0 atom stereocenters. The maximum absolute atomic E-state index is 12.5. The van der Waals surface area contributed by atoms with Gasteiger partial charge in [0.2, 0.25) is 0 Å². The number of sulfonamides is 1. The minimum Gasteiger partial charge on any atom is -0.265 e. The van der Waals surface area contributed by atoms with E-state index in [1.54, 1.807) is 18.3 Å². The number of aromatic nitrogens is 3. The second-order valence-corrected chi connectivity index (χ2v) is 7.72. The van der Waals surface area contributed by atoms with Crippen molar-refractivity contribution >= 4 is 26.6 Å². The molecule has 3 aromatic rings. The summed E-state index contributed by atoms with van der Waals surface area (Å²) in [5.74, 6) is 0. The van der Waals surface area contributed by atoms with Crippen molar-refractivity contribution in [3.05, 3.63) is 64.8 Å². The summed E-state index contributed by atoms with van der Waals surface area (Å²) in [5.41, 5.74) is 3.85. The third kappa shape index (κ3) is 3.21. The number of aliphatic imine (C=N–C) groups is 1. The Kier molecular flexibility index (Phi) is 4.12. The van der Waals surface area contributed by atoms with Crippen LogP contribution in [0.25, 0.3) is 11.3 Å². The Hall–Kier alpha value is -2.49. The Bertz CT molecular complexity index is 1030. The zero-order chi connectivity index (χ0) is 17.3. The monoisotopic (exact) mass is 371 g/mol. The van der Waals surface area contributed by atoms with E-state index in [0.717, 1.165) is 16.8 Å². The molecule has 0 amide bonds. The van der Waals surface area contributed by atoms with Crippen LogP contribution in [0.1, 0.15) is 16.8 Å². The summed E-state index contributed by atoms with van der Waals surface area (Å²) in [6.45, 7) is 0.481. The van der Waals surface area contributed by atoms with Gasteiger partial charge in [-0.25, -0.2) is 13.1 Å². The molecule has 1 aromatic carbocycles. The molecule has 3 heterocycles. The van der Waals surface area contributed by atoms with Gasteiger partial charge in [0.15, 0.2) is 5.04 Å². The van der Waals surface area contributed by atoms with E-state index in [9.17, 15) is 8.42 Å². The average Bonchev–Trinajstić information content (AvgIpc) is 3.30. The van der Waals surface area contributed by atoms with Crippen molar-refractivity contribution in [3.8, 4) is 11.3 Å². The Labute approximate surface area is 148 Å². The van der Waals surface area contributed by atoms with E-state index >= 15 is 0 Å². The number of benzene rings is 1. The van der Waals surface area contributed by atoms with E-state index in [2.05, 4.69) is 24.3 Å². The van der Waals surface area contributed by atoms with Gasteiger partial charge < -0.3 is 0 Å². The van der Waals surface area contributed by atoms with Crippen LogP contribution in [0.4, 0.5) is 0 Å². The smallest absolute Gasteiger partial charge is 0.258 e. The molecule has 0 fully saturated rings. The second-order valence-electron chi connectivity index (χ2n) is 5.43. The first kappa shape index (κ1) is 16.0. The van der Waals surface area contributed by atoms with Crippen molar-refractivity contribution in [1.82, 2.24) is 19.3 Å². The highest BCUT2D eigenvalue weighted by molar-refractivity contribution is 8.05. The van der Waals surface area contributed by atoms with Crippen LogP contribution in [0.3, 0.4) is 0 Å². The highest BCUT2D eigenvalue weighted by Crippen LogP contribution is 2.20. The second kappa shape index (κ2) is 6.43. The van der Waals surface area contributed by atoms with Crippen molar-refractivity contribution in [2.45, 2.75) is 13.1 Å². The molecule has 0 spiro atoms. The number of rotatable bonds is 4. The van der Waals surface area contributed by atoms with E-state index in [-0.39, 0.29) is 11.6 Å². The van der Waals surface area contributed by atoms with Crippen molar-refractivity contribution in [1.29, 1.82) is 0 Å². The van der Waals surface area contributed by atoms with Crippen LogP contribution in [-0.4, -0.2) is 28.0 Å². The number of hydrogen-bond acceptors (Lipinski definition) is 7. The van der Waals surface area contributed by atoms with Gasteiger partial charge >= 0.3 is 0 Å². The SMILES string of the molecule is O=S(=O)(NCc1ccc(-c2csnn2)cc1)C1=NCc2ncccc21. The van der Waals surface area contributed by atoms with Gasteiger partial charge in [0.05, 0.1) is 12.2 Å². The Morgan fingerprint density at radius 2 is 2.00 bits per heavy atom. The normalized spacial score (nSPS) is 13.5. The molecule has 2 aromatic heterocycles. The van der Waals surface area contributed by atoms with Gasteiger partial charge in [-0.1, -0.05) is 28.8 Å². The molecule has 1 aliphatic heterocycles. The molecule has 0 bridgehead atoms. The first-order valence-corrected chi connectivity index (χ1v) is 9.80. The average molecular weight is 371 g/mol. The van der Waals surface area contributed by atoms with Crippen molar-refractivity contribution in [2.24, 2.45) is 4.99 Å². The van der Waals surface area contributed by atoms with Crippen LogP contribution in [-0.2, 0) is 23.1 Å². The topological polar surface area (TPSA) is 97.2 Å². The van der Waals surface area contributed by atoms with E-state index in [0.29, 0.717) is 17.8 Å². The van der Waals surface area contributed by atoms with E-state index in [4.69, 9.17) is 0 Å². The fraction of sp³-hybridized carbons (Fsp3) is 0.125. The standard InChI is InChI=1S/C16H13N5O2S2/c22-25(23,16-13-2-1-7-17-14(13)9-18-16)19-8-11-3-5-12(6-4-11)15-10-24-21-20-15/h1-7,10,19H,8-9H2. The summed E-state index contributed by atoms with van der Waals surface area (Å²) in [6, 6.07) is 11.0. The quantitative estimate of drug-likeness (QED) is 0.756. The van der Waals surface area contributed by atoms with Crippen molar-refractivity contribution < 1.29 is 8.42 Å². The molecule has 1 N–H and O–H groups in total. The predicted molar refractivity (Wildman–Crippen MR) is 95.6 cm³/mol. The fourth-order valence-electron chi connectivity index (χ4n) is 2.55. The van der Waals surface area contributed by atoms with Crippen LogP contribution in [0.15, 0.2) is 53.0 Å².